The number of nitriles is 1. The van der Waals surface area contributed by atoms with Crippen LogP contribution in [0, 0.1) is 29.1 Å². The molecule has 5 heterocycles. The second-order valence-corrected chi connectivity index (χ2v) is 10.4. The van der Waals surface area contributed by atoms with Gasteiger partial charge in [-0.1, -0.05) is 0 Å². The van der Waals surface area contributed by atoms with Crippen molar-refractivity contribution in [2.24, 2.45) is 17.8 Å². The third kappa shape index (κ3) is 3.37. The minimum Gasteiger partial charge on any atom is -0.353 e. The molecule has 4 aliphatic heterocycles. The summed E-state index contributed by atoms with van der Waals surface area (Å²) < 4.78 is 15.4. The molecule has 5 aliphatic rings. The van der Waals surface area contributed by atoms with Gasteiger partial charge in [-0.05, 0) is 56.7 Å². The molecule has 0 spiro atoms. The van der Waals surface area contributed by atoms with Crippen molar-refractivity contribution in [2.45, 2.75) is 62.4 Å². The fourth-order valence-corrected chi connectivity index (χ4v) is 7.23. The van der Waals surface area contributed by atoms with Crippen molar-refractivity contribution in [1.29, 1.82) is 5.26 Å². The first-order valence-corrected chi connectivity index (χ1v) is 12.2. The molecule has 2 N–H and O–H groups in total. The second-order valence-electron chi connectivity index (χ2n) is 10.4. The zero-order chi connectivity index (χ0) is 21.8. The average Bonchev–Trinajstić information content (AvgIpc) is 3.39. The molecule has 5 fully saturated rings. The number of piperidine rings is 2. The Labute approximate surface area is 188 Å². The number of nitrogens with one attached hydrogen (secondary N) is 2. The van der Waals surface area contributed by atoms with Gasteiger partial charge in [0.05, 0.1) is 11.5 Å². The van der Waals surface area contributed by atoms with E-state index in [2.05, 4.69) is 31.5 Å². The van der Waals surface area contributed by atoms with Crippen LogP contribution in [0.1, 0.15) is 37.7 Å². The van der Waals surface area contributed by atoms with Gasteiger partial charge in [-0.2, -0.15) is 5.26 Å². The number of alkyl halides is 1. The summed E-state index contributed by atoms with van der Waals surface area (Å²) in [5.74, 6) is 1.22. The smallest absolute Gasteiger partial charge is 0.224 e. The number of carbonyl (C=O) groups excluding carboxylic acids is 1. The molecule has 8 heteroatoms. The van der Waals surface area contributed by atoms with Gasteiger partial charge < -0.3 is 15.5 Å². The van der Waals surface area contributed by atoms with E-state index in [1.165, 1.54) is 0 Å². The standard InChI is InChI=1S/C24H31FN6O/c25-19-6-15(7-20-22(19)23-18(24(32)29-20)2-1-5-27-23)11-30-12-17-8-16(30)13-31(17)21-4-3-14(9-26)10-28-21/h3-4,10,15-20,22-23,27H,1-2,5-8,11-13H2,(H,29,32)/t15?,16-,17-,18?,19?,20?,22?,23?/m0/s1. The first kappa shape index (κ1) is 20.4. The lowest BCUT2D eigenvalue weighted by atomic mass is 9.66. The predicted octanol–water partition coefficient (Wildman–Crippen LogP) is 1.45. The first-order chi connectivity index (χ1) is 15.6. The summed E-state index contributed by atoms with van der Waals surface area (Å²) in [4.78, 5) is 22.0. The van der Waals surface area contributed by atoms with Crippen molar-refractivity contribution in [3.05, 3.63) is 23.9 Å². The van der Waals surface area contributed by atoms with Crippen molar-refractivity contribution in [2.75, 3.05) is 31.1 Å². The monoisotopic (exact) mass is 438 g/mol. The maximum absolute atomic E-state index is 15.4. The van der Waals surface area contributed by atoms with Crippen LogP contribution in [0.2, 0.25) is 0 Å². The SMILES string of the molecule is N#Cc1ccc(N2C[C@@H]3C[C@H]2CN3CC2CC(F)C3C(C2)NC(=O)C2CCCNC23)nc1. The number of carbonyl (C=O) groups is 1. The number of nitrogens with zero attached hydrogens (tertiary/aromatic N) is 4. The number of pyridine rings is 1. The number of hydrogen-bond donors (Lipinski definition) is 2. The predicted molar refractivity (Wildman–Crippen MR) is 118 cm³/mol. The van der Waals surface area contributed by atoms with E-state index in [4.69, 9.17) is 5.26 Å². The summed E-state index contributed by atoms with van der Waals surface area (Å²) in [6.07, 6.45) is 5.28. The van der Waals surface area contributed by atoms with Crippen LogP contribution in [0.4, 0.5) is 10.2 Å². The molecule has 7 nitrogen and oxygen atoms in total. The van der Waals surface area contributed by atoms with E-state index >= 15 is 4.39 Å². The summed E-state index contributed by atoms with van der Waals surface area (Å²) in [6.45, 7) is 3.73. The number of aromatic nitrogens is 1. The lowest BCUT2D eigenvalue weighted by Gasteiger charge is -2.51. The van der Waals surface area contributed by atoms with Crippen LogP contribution in [-0.4, -0.2) is 72.3 Å². The number of amides is 1. The van der Waals surface area contributed by atoms with Crippen molar-refractivity contribution in [3.63, 3.8) is 0 Å². The molecule has 1 amide bonds. The lowest BCUT2D eigenvalue weighted by molar-refractivity contribution is -0.135. The Bertz CT molecular complexity index is 918. The minimum atomic E-state index is -0.850. The molecule has 0 radical (unpaired) electrons. The van der Waals surface area contributed by atoms with Gasteiger partial charge in [-0.3, -0.25) is 9.69 Å². The molecule has 2 bridgehead atoms. The summed E-state index contributed by atoms with van der Waals surface area (Å²) >= 11 is 0. The van der Waals surface area contributed by atoms with Gasteiger partial charge in [0.2, 0.25) is 5.91 Å². The van der Waals surface area contributed by atoms with Gasteiger partial charge in [-0.15, -0.1) is 0 Å². The van der Waals surface area contributed by atoms with E-state index < -0.39 is 6.17 Å². The zero-order valence-electron chi connectivity index (χ0n) is 18.3. The van der Waals surface area contributed by atoms with Gasteiger partial charge in [-0.25, -0.2) is 9.37 Å². The molecular formula is C24H31FN6O. The van der Waals surface area contributed by atoms with Gasteiger partial charge in [0.15, 0.2) is 0 Å². The van der Waals surface area contributed by atoms with Crippen molar-refractivity contribution in [1.82, 2.24) is 20.5 Å². The van der Waals surface area contributed by atoms with Gasteiger partial charge in [0.25, 0.3) is 0 Å². The average molecular weight is 439 g/mol. The second kappa shape index (κ2) is 7.96. The molecule has 0 aromatic carbocycles. The van der Waals surface area contributed by atoms with Crippen LogP contribution >= 0.6 is 0 Å². The molecule has 4 saturated heterocycles. The third-order valence-corrected chi connectivity index (χ3v) is 8.63. The molecule has 32 heavy (non-hydrogen) atoms. The maximum atomic E-state index is 15.4. The van der Waals surface area contributed by atoms with Crippen molar-refractivity contribution >= 4 is 11.7 Å². The summed E-state index contributed by atoms with van der Waals surface area (Å²) in [7, 11) is 0. The number of hydrogen-bond acceptors (Lipinski definition) is 6. The summed E-state index contributed by atoms with van der Waals surface area (Å²) in [5, 5.41) is 15.7. The Morgan fingerprint density at radius 3 is 2.88 bits per heavy atom. The van der Waals surface area contributed by atoms with E-state index in [1.807, 2.05) is 12.1 Å². The van der Waals surface area contributed by atoms with Crippen LogP contribution in [-0.2, 0) is 4.79 Å². The molecule has 6 unspecified atom stereocenters. The van der Waals surface area contributed by atoms with Crippen LogP contribution in [0.3, 0.4) is 0 Å². The highest BCUT2D eigenvalue weighted by atomic mass is 19.1. The van der Waals surface area contributed by atoms with Gasteiger partial charge in [0.1, 0.15) is 18.1 Å². The maximum Gasteiger partial charge on any atom is 0.224 e. The van der Waals surface area contributed by atoms with E-state index in [0.29, 0.717) is 24.1 Å². The van der Waals surface area contributed by atoms with E-state index in [1.54, 1.807) is 6.20 Å². The Balaban J connectivity index is 1.09. The Morgan fingerprint density at radius 2 is 2.12 bits per heavy atom. The molecule has 1 saturated carbocycles. The van der Waals surface area contributed by atoms with E-state index in [0.717, 1.165) is 57.7 Å². The quantitative estimate of drug-likeness (QED) is 0.743. The van der Waals surface area contributed by atoms with Gasteiger partial charge in [0, 0.05) is 55.9 Å². The van der Waals surface area contributed by atoms with Crippen LogP contribution < -0.4 is 15.5 Å². The molecule has 1 aromatic heterocycles. The largest absolute Gasteiger partial charge is 0.353 e. The summed E-state index contributed by atoms with van der Waals surface area (Å²) in [6, 6.07) is 6.76. The Morgan fingerprint density at radius 1 is 1.22 bits per heavy atom. The highest BCUT2D eigenvalue weighted by Gasteiger charge is 2.52. The van der Waals surface area contributed by atoms with Crippen LogP contribution in [0.5, 0.6) is 0 Å². The summed E-state index contributed by atoms with van der Waals surface area (Å²) in [5.41, 5.74) is 0.584. The fraction of sp³-hybridized carbons (Fsp3) is 0.708. The number of fused-ring (bicyclic) bond motifs is 5. The highest BCUT2D eigenvalue weighted by molar-refractivity contribution is 5.81. The zero-order valence-corrected chi connectivity index (χ0v) is 18.3. The number of piperazine rings is 1. The Hall–Kier alpha value is -2.24. The van der Waals surface area contributed by atoms with Crippen molar-refractivity contribution < 1.29 is 9.18 Å². The normalized spacial score (nSPS) is 41.0. The number of likely N-dealkylation sites (tertiary alicyclic amines) is 1. The van der Waals surface area contributed by atoms with E-state index in [9.17, 15) is 4.79 Å². The molecule has 1 aliphatic carbocycles. The van der Waals surface area contributed by atoms with Crippen LogP contribution in [0.15, 0.2) is 18.3 Å². The highest BCUT2D eigenvalue weighted by Crippen LogP contribution is 2.42. The lowest BCUT2D eigenvalue weighted by Crippen LogP contribution is -2.67. The Kier molecular flexibility index (Phi) is 5.07. The number of anilines is 1. The number of rotatable bonds is 3. The fourth-order valence-electron chi connectivity index (χ4n) is 7.23. The van der Waals surface area contributed by atoms with E-state index in [-0.39, 0.29) is 35.7 Å². The first-order valence-electron chi connectivity index (χ1n) is 12.2. The molecular weight excluding hydrogens is 407 g/mol. The minimum absolute atomic E-state index is 0.00901. The third-order valence-electron chi connectivity index (χ3n) is 8.63. The van der Waals surface area contributed by atoms with Crippen LogP contribution in [0.25, 0.3) is 0 Å². The topological polar surface area (TPSA) is 84.3 Å². The van der Waals surface area contributed by atoms with Gasteiger partial charge >= 0.3 is 0 Å². The molecule has 8 atom stereocenters. The van der Waals surface area contributed by atoms with Crippen molar-refractivity contribution in [3.8, 4) is 6.07 Å². The molecule has 170 valence electrons. The number of halogens is 1. The molecule has 6 rings (SSSR count). The molecule has 1 aromatic rings.